The number of nitriles is 1. The van der Waals surface area contributed by atoms with Gasteiger partial charge in [0.1, 0.15) is 11.8 Å². The fraction of sp³-hybridized carbons (Fsp3) is 0.133. The highest BCUT2D eigenvalue weighted by Gasteiger charge is 2.12. The van der Waals surface area contributed by atoms with Gasteiger partial charge in [0.05, 0.1) is 5.69 Å². The minimum Gasteiger partial charge on any atom is -0.479 e. The van der Waals surface area contributed by atoms with Crippen molar-refractivity contribution in [3.63, 3.8) is 0 Å². The summed E-state index contributed by atoms with van der Waals surface area (Å²) in [6.45, 7) is 0.193. The lowest BCUT2D eigenvalue weighted by Gasteiger charge is -2.09. The second-order valence-corrected chi connectivity index (χ2v) is 4.17. The summed E-state index contributed by atoms with van der Waals surface area (Å²) in [6.07, 6.45) is 0. The maximum atomic E-state index is 13.4. The van der Waals surface area contributed by atoms with Crippen molar-refractivity contribution in [1.82, 2.24) is 0 Å². The molecular weight excluding hydrogens is 281 g/mol. The minimum absolute atomic E-state index is 0.0440. The Hall–Kier alpha value is -2.68. The lowest BCUT2D eigenvalue weighted by molar-refractivity contribution is 0.368. The highest BCUT2D eigenvalue weighted by molar-refractivity contribution is 5.46. The number of anilines is 1. The third kappa shape index (κ3) is 3.66. The Balaban J connectivity index is 2.00. The van der Waals surface area contributed by atoms with E-state index in [0.29, 0.717) is 5.75 Å². The van der Waals surface area contributed by atoms with Gasteiger partial charge in [-0.2, -0.15) is 5.26 Å². The minimum atomic E-state index is -1.50. The van der Waals surface area contributed by atoms with Crippen LogP contribution in [-0.4, -0.2) is 6.61 Å². The van der Waals surface area contributed by atoms with Crippen LogP contribution in [0.15, 0.2) is 36.4 Å². The largest absolute Gasteiger partial charge is 0.479 e. The Kier molecular flexibility index (Phi) is 4.67. The van der Waals surface area contributed by atoms with E-state index in [2.05, 4.69) is 5.32 Å². The summed E-state index contributed by atoms with van der Waals surface area (Å²) in [5.74, 6) is -3.43. The predicted octanol–water partition coefficient (Wildman–Crippen LogP) is 3.62. The van der Waals surface area contributed by atoms with Gasteiger partial charge in [0.2, 0.25) is 0 Å². The molecule has 0 spiro atoms. The van der Waals surface area contributed by atoms with Crippen LogP contribution in [0.4, 0.5) is 18.9 Å². The first-order valence-corrected chi connectivity index (χ1v) is 6.08. The van der Waals surface area contributed by atoms with Gasteiger partial charge in [0.25, 0.3) is 0 Å². The SMILES string of the molecule is N#CCOc1ccc(CNc2ccc(F)c(F)c2F)cc1. The molecular formula is C15H11F3N2O. The molecule has 0 atom stereocenters. The van der Waals surface area contributed by atoms with Crippen LogP contribution in [0.25, 0.3) is 0 Å². The number of rotatable bonds is 5. The molecule has 0 heterocycles. The van der Waals surface area contributed by atoms with Crippen molar-refractivity contribution in [2.45, 2.75) is 6.54 Å². The van der Waals surface area contributed by atoms with Gasteiger partial charge < -0.3 is 10.1 Å². The molecule has 6 heteroatoms. The molecule has 108 valence electrons. The molecule has 0 aliphatic heterocycles. The summed E-state index contributed by atoms with van der Waals surface area (Å²) in [4.78, 5) is 0. The van der Waals surface area contributed by atoms with Gasteiger partial charge in [0, 0.05) is 6.54 Å². The molecule has 0 aliphatic carbocycles. The molecule has 0 saturated carbocycles. The van der Waals surface area contributed by atoms with Gasteiger partial charge in [-0.15, -0.1) is 0 Å². The quantitative estimate of drug-likeness (QED) is 0.856. The number of ether oxygens (including phenoxy) is 1. The molecule has 0 amide bonds. The fourth-order valence-corrected chi connectivity index (χ4v) is 1.68. The number of halogens is 3. The zero-order valence-electron chi connectivity index (χ0n) is 10.9. The van der Waals surface area contributed by atoms with Crippen LogP contribution < -0.4 is 10.1 Å². The molecule has 1 N–H and O–H groups in total. The summed E-state index contributed by atoms with van der Waals surface area (Å²) >= 11 is 0. The van der Waals surface area contributed by atoms with Gasteiger partial charge in [-0.3, -0.25) is 0 Å². The monoisotopic (exact) mass is 292 g/mol. The van der Waals surface area contributed by atoms with Crippen LogP contribution in [0.5, 0.6) is 5.75 Å². The van der Waals surface area contributed by atoms with Crippen molar-refractivity contribution in [2.24, 2.45) is 0 Å². The standard InChI is InChI=1S/C15H11F3N2O/c16-12-5-6-13(15(18)14(12)17)20-9-10-1-3-11(4-2-10)21-8-7-19/h1-6,20H,8-9H2. The second kappa shape index (κ2) is 6.66. The average Bonchev–Trinajstić information content (AvgIpc) is 2.51. The van der Waals surface area contributed by atoms with Crippen molar-refractivity contribution in [2.75, 3.05) is 11.9 Å². The maximum Gasteiger partial charge on any atom is 0.196 e. The Morgan fingerprint density at radius 3 is 2.38 bits per heavy atom. The molecule has 0 aromatic heterocycles. The number of nitrogens with zero attached hydrogens (tertiary/aromatic N) is 1. The summed E-state index contributed by atoms with van der Waals surface area (Å²) in [7, 11) is 0. The van der Waals surface area contributed by atoms with Crippen LogP contribution in [0.3, 0.4) is 0 Å². The first kappa shape index (κ1) is 14.7. The zero-order valence-corrected chi connectivity index (χ0v) is 10.9. The Morgan fingerprint density at radius 2 is 1.71 bits per heavy atom. The van der Waals surface area contributed by atoms with Gasteiger partial charge >= 0.3 is 0 Å². The van der Waals surface area contributed by atoms with Gasteiger partial charge in [-0.1, -0.05) is 12.1 Å². The van der Waals surface area contributed by atoms with Crippen LogP contribution in [0, 0.1) is 28.8 Å². The molecule has 2 aromatic rings. The van der Waals surface area contributed by atoms with Gasteiger partial charge in [-0.05, 0) is 29.8 Å². The summed E-state index contributed by atoms with van der Waals surface area (Å²) in [5, 5.41) is 11.1. The highest BCUT2D eigenvalue weighted by atomic mass is 19.2. The maximum absolute atomic E-state index is 13.4. The van der Waals surface area contributed by atoms with Crippen LogP contribution >= 0.6 is 0 Å². The highest BCUT2D eigenvalue weighted by Crippen LogP contribution is 2.20. The normalized spacial score (nSPS) is 10.0. The van der Waals surface area contributed by atoms with Crippen molar-refractivity contribution in [1.29, 1.82) is 5.26 Å². The molecule has 21 heavy (non-hydrogen) atoms. The summed E-state index contributed by atoms with van der Waals surface area (Å²) < 4.78 is 44.4. The lowest BCUT2D eigenvalue weighted by Crippen LogP contribution is -2.04. The van der Waals surface area contributed by atoms with Crippen LogP contribution in [-0.2, 0) is 6.54 Å². The lowest BCUT2D eigenvalue weighted by atomic mass is 10.2. The predicted molar refractivity (Wildman–Crippen MR) is 71.2 cm³/mol. The topological polar surface area (TPSA) is 45.0 Å². The molecule has 0 unspecified atom stereocenters. The van der Waals surface area contributed by atoms with Crippen molar-refractivity contribution < 1.29 is 17.9 Å². The first-order valence-electron chi connectivity index (χ1n) is 6.08. The number of hydrogen-bond acceptors (Lipinski definition) is 3. The first-order chi connectivity index (χ1) is 10.1. The van der Waals surface area contributed by atoms with E-state index in [-0.39, 0.29) is 18.8 Å². The van der Waals surface area contributed by atoms with E-state index in [4.69, 9.17) is 10.00 Å². The third-order valence-electron chi connectivity index (χ3n) is 2.74. The molecule has 0 aliphatic rings. The summed E-state index contributed by atoms with van der Waals surface area (Å²) in [6, 6.07) is 10.6. The van der Waals surface area contributed by atoms with E-state index in [1.54, 1.807) is 24.3 Å². The third-order valence-corrected chi connectivity index (χ3v) is 2.74. The van der Waals surface area contributed by atoms with E-state index < -0.39 is 17.5 Å². The van der Waals surface area contributed by atoms with Crippen molar-refractivity contribution >= 4 is 5.69 Å². The number of benzene rings is 2. The van der Waals surface area contributed by atoms with E-state index in [0.717, 1.165) is 17.7 Å². The molecule has 0 saturated heterocycles. The second-order valence-electron chi connectivity index (χ2n) is 4.17. The van der Waals surface area contributed by atoms with Gasteiger partial charge in [-0.25, -0.2) is 13.2 Å². The van der Waals surface area contributed by atoms with E-state index in [1.807, 2.05) is 6.07 Å². The smallest absolute Gasteiger partial charge is 0.196 e. The van der Waals surface area contributed by atoms with Crippen molar-refractivity contribution in [3.05, 3.63) is 59.4 Å². The van der Waals surface area contributed by atoms with E-state index in [9.17, 15) is 13.2 Å². The average molecular weight is 292 g/mol. The van der Waals surface area contributed by atoms with Crippen LogP contribution in [0.1, 0.15) is 5.56 Å². The van der Waals surface area contributed by atoms with Crippen molar-refractivity contribution in [3.8, 4) is 11.8 Å². The van der Waals surface area contributed by atoms with E-state index >= 15 is 0 Å². The Labute approximate surface area is 119 Å². The zero-order chi connectivity index (χ0) is 15.2. The number of nitrogens with one attached hydrogen (secondary N) is 1. The molecule has 0 fully saturated rings. The van der Waals surface area contributed by atoms with E-state index in [1.165, 1.54) is 0 Å². The summed E-state index contributed by atoms with van der Waals surface area (Å²) in [5.41, 5.74) is 0.683. The molecule has 0 radical (unpaired) electrons. The molecule has 2 aromatic carbocycles. The molecule has 2 rings (SSSR count). The number of hydrogen-bond donors (Lipinski definition) is 1. The Morgan fingerprint density at radius 1 is 1.00 bits per heavy atom. The fourth-order valence-electron chi connectivity index (χ4n) is 1.68. The van der Waals surface area contributed by atoms with Gasteiger partial charge in [0.15, 0.2) is 24.1 Å². The van der Waals surface area contributed by atoms with Crippen LogP contribution in [0.2, 0.25) is 0 Å². The molecule has 3 nitrogen and oxygen atoms in total. The Bertz CT molecular complexity index is 666. The molecule has 0 bridgehead atoms.